The van der Waals surface area contributed by atoms with Gasteiger partial charge in [-0.1, -0.05) is 11.6 Å². The van der Waals surface area contributed by atoms with Crippen LogP contribution in [0.3, 0.4) is 0 Å². The van der Waals surface area contributed by atoms with E-state index in [9.17, 15) is 13.6 Å². The molecule has 0 bridgehead atoms. The standard InChI is InChI=1S/C14H13ClF2N2O2S2/c1-14(2,3)21-13(20)19(10-6-22-7-18-10)23-9-5-4-8(16)11(15)12(9)17/h4-7H,1-3H3. The number of carbonyl (C=O) groups excluding carboxylic acids is 1. The number of benzene rings is 1. The van der Waals surface area contributed by atoms with E-state index in [1.165, 1.54) is 22.9 Å². The van der Waals surface area contributed by atoms with E-state index in [0.29, 0.717) is 0 Å². The molecular formula is C14H13ClF2N2O2S2. The number of thiazole rings is 1. The molecule has 2 aromatic rings. The lowest BCUT2D eigenvalue weighted by atomic mass is 10.2. The molecule has 9 heteroatoms. The van der Waals surface area contributed by atoms with Crippen LogP contribution in [0.5, 0.6) is 0 Å². The van der Waals surface area contributed by atoms with Crippen molar-refractivity contribution in [3.05, 3.63) is 39.7 Å². The zero-order valence-electron chi connectivity index (χ0n) is 12.5. The molecule has 0 aliphatic rings. The van der Waals surface area contributed by atoms with Crippen LogP contribution in [0.15, 0.2) is 27.9 Å². The number of ether oxygens (including phenoxy) is 1. The number of amides is 1. The van der Waals surface area contributed by atoms with Gasteiger partial charge in [0.1, 0.15) is 16.4 Å². The third kappa shape index (κ3) is 4.55. The maximum atomic E-state index is 14.1. The highest BCUT2D eigenvalue weighted by molar-refractivity contribution is 8.01. The molecule has 2 rings (SSSR count). The van der Waals surface area contributed by atoms with Crippen LogP contribution in [0, 0.1) is 11.6 Å². The minimum Gasteiger partial charge on any atom is -0.443 e. The predicted octanol–water partition coefficient (Wildman–Crippen LogP) is 5.52. The van der Waals surface area contributed by atoms with Crippen molar-refractivity contribution in [3.8, 4) is 0 Å². The number of hydrogen-bond donors (Lipinski definition) is 0. The molecule has 0 radical (unpaired) electrons. The topological polar surface area (TPSA) is 42.4 Å². The Morgan fingerprint density at radius 2 is 2.09 bits per heavy atom. The Labute approximate surface area is 145 Å². The second-order valence-electron chi connectivity index (χ2n) is 5.39. The van der Waals surface area contributed by atoms with E-state index >= 15 is 0 Å². The zero-order chi connectivity index (χ0) is 17.2. The monoisotopic (exact) mass is 378 g/mol. The third-order valence-corrected chi connectivity index (χ3v) is 4.33. The molecule has 23 heavy (non-hydrogen) atoms. The van der Waals surface area contributed by atoms with Gasteiger partial charge >= 0.3 is 6.09 Å². The fraction of sp³-hybridized carbons (Fsp3) is 0.286. The molecule has 1 aromatic heterocycles. The number of hydrogen-bond acceptors (Lipinski definition) is 5. The van der Waals surface area contributed by atoms with Crippen molar-refractivity contribution in [3.63, 3.8) is 0 Å². The van der Waals surface area contributed by atoms with E-state index in [1.807, 2.05) is 0 Å². The molecular weight excluding hydrogens is 366 g/mol. The number of aromatic nitrogens is 1. The molecule has 0 aliphatic heterocycles. The van der Waals surface area contributed by atoms with Gasteiger partial charge in [-0.2, -0.15) is 4.31 Å². The third-order valence-electron chi connectivity index (χ3n) is 2.38. The molecule has 0 fully saturated rings. The first-order valence-electron chi connectivity index (χ1n) is 6.42. The van der Waals surface area contributed by atoms with Crippen molar-refractivity contribution < 1.29 is 18.3 Å². The van der Waals surface area contributed by atoms with Gasteiger partial charge in [-0.3, -0.25) is 0 Å². The lowest BCUT2D eigenvalue weighted by Gasteiger charge is -2.25. The van der Waals surface area contributed by atoms with Crippen molar-refractivity contribution in [2.75, 3.05) is 4.31 Å². The van der Waals surface area contributed by atoms with Crippen LogP contribution in [0.1, 0.15) is 20.8 Å². The van der Waals surface area contributed by atoms with Crippen LogP contribution in [-0.2, 0) is 4.74 Å². The van der Waals surface area contributed by atoms with Gasteiger partial charge in [-0.05, 0) is 32.9 Å². The fourth-order valence-electron chi connectivity index (χ4n) is 1.46. The quantitative estimate of drug-likeness (QED) is 0.520. The molecule has 124 valence electrons. The number of rotatable bonds is 3. The number of carbonyl (C=O) groups is 1. The molecule has 0 atom stereocenters. The lowest BCUT2D eigenvalue weighted by Crippen LogP contribution is -2.33. The van der Waals surface area contributed by atoms with E-state index in [0.717, 1.165) is 22.3 Å². The number of anilines is 1. The maximum absolute atomic E-state index is 14.1. The summed E-state index contributed by atoms with van der Waals surface area (Å²) in [6.07, 6.45) is -0.715. The van der Waals surface area contributed by atoms with Crippen LogP contribution < -0.4 is 4.31 Å². The molecule has 0 unspecified atom stereocenters. The summed E-state index contributed by atoms with van der Waals surface area (Å²) in [5.41, 5.74) is 0.798. The van der Waals surface area contributed by atoms with Crippen molar-refractivity contribution >= 4 is 46.8 Å². The molecule has 0 N–H and O–H groups in total. The number of halogens is 3. The van der Waals surface area contributed by atoms with Gasteiger partial charge in [-0.15, -0.1) is 11.3 Å². The molecule has 0 spiro atoms. The maximum Gasteiger partial charge on any atom is 0.426 e. The SMILES string of the molecule is CC(C)(C)OC(=O)N(Sc1ccc(F)c(Cl)c1F)c1cscn1. The minimum absolute atomic E-state index is 0.0183. The molecule has 0 saturated heterocycles. The van der Waals surface area contributed by atoms with Crippen LogP contribution in [-0.4, -0.2) is 16.7 Å². The summed E-state index contributed by atoms with van der Waals surface area (Å²) in [5, 5.41) is 0.984. The molecule has 1 heterocycles. The highest BCUT2D eigenvalue weighted by atomic mass is 35.5. The van der Waals surface area contributed by atoms with Gasteiger partial charge in [0, 0.05) is 17.3 Å². The average molecular weight is 379 g/mol. The van der Waals surface area contributed by atoms with Crippen LogP contribution in [0.2, 0.25) is 5.02 Å². The Morgan fingerprint density at radius 1 is 1.39 bits per heavy atom. The summed E-state index contributed by atoms with van der Waals surface area (Å²) in [6.45, 7) is 5.14. The van der Waals surface area contributed by atoms with Crippen molar-refractivity contribution in [1.82, 2.24) is 4.98 Å². The molecule has 0 saturated carbocycles. The van der Waals surface area contributed by atoms with Gasteiger partial charge in [0.2, 0.25) is 0 Å². The van der Waals surface area contributed by atoms with Crippen LogP contribution >= 0.6 is 34.9 Å². The van der Waals surface area contributed by atoms with E-state index in [-0.39, 0.29) is 10.7 Å². The smallest absolute Gasteiger partial charge is 0.426 e. The Bertz CT molecular complexity index is 706. The highest BCUT2D eigenvalue weighted by Crippen LogP contribution is 2.35. The van der Waals surface area contributed by atoms with E-state index in [2.05, 4.69) is 4.98 Å². The minimum atomic E-state index is -0.944. The highest BCUT2D eigenvalue weighted by Gasteiger charge is 2.27. The first-order valence-corrected chi connectivity index (χ1v) is 8.51. The summed E-state index contributed by atoms with van der Waals surface area (Å²) in [7, 11) is 0. The van der Waals surface area contributed by atoms with E-state index in [4.69, 9.17) is 16.3 Å². The second-order valence-corrected chi connectivity index (χ2v) is 7.47. The second kappa shape index (κ2) is 7.02. The average Bonchev–Trinajstić information content (AvgIpc) is 2.96. The van der Waals surface area contributed by atoms with E-state index < -0.39 is 28.4 Å². The zero-order valence-corrected chi connectivity index (χ0v) is 14.9. The van der Waals surface area contributed by atoms with E-state index in [1.54, 1.807) is 26.2 Å². The number of nitrogens with zero attached hydrogens (tertiary/aromatic N) is 2. The van der Waals surface area contributed by atoms with Gasteiger partial charge < -0.3 is 4.74 Å². The largest absolute Gasteiger partial charge is 0.443 e. The Kier molecular flexibility index (Phi) is 5.49. The fourth-order valence-corrected chi connectivity index (χ4v) is 3.08. The van der Waals surface area contributed by atoms with Crippen molar-refractivity contribution in [1.29, 1.82) is 0 Å². The summed E-state index contributed by atoms with van der Waals surface area (Å²) in [6, 6.07) is 2.23. The van der Waals surface area contributed by atoms with Crippen LogP contribution in [0.4, 0.5) is 19.4 Å². The Morgan fingerprint density at radius 3 is 2.65 bits per heavy atom. The van der Waals surface area contributed by atoms with Gasteiger partial charge in [0.25, 0.3) is 0 Å². The van der Waals surface area contributed by atoms with Crippen molar-refractivity contribution in [2.24, 2.45) is 0 Å². The van der Waals surface area contributed by atoms with Gasteiger partial charge in [0.15, 0.2) is 11.6 Å². The van der Waals surface area contributed by atoms with Crippen LogP contribution in [0.25, 0.3) is 0 Å². The molecule has 1 amide bonds. The summed E-state index contributed by atoms with van der Waals surface area (Å²) in [5.74, 6) is -1.53. The van der Waals surface area contributed by atoms with Gasteiger partial charge in [0.05, 0.1) is 10.4 Å². The predicted molar refractivity (Wildman–Crippen MR) is 88.1 cm³/mol. The first kappa shape index (κ1) is 18.0. The molecule has 4 nitrogen and oxygen atoms in total. The summed E-state index contributed by atoms with van der Waals surface area (Å²) in [4.78, 5) is 16.4. The summed E-state index contributed by atoms with van der Waals surface area (Å²) < 4.78 is 33.7. The summed E-state index contributed by atoms with van der Waals surface area (Å²) >= 11 is 7.56. The normalized spacial score (nSPS) is 11.4. The van der Waals surface area contributed by atoms with Gasteiger partial charge in [-0.25, -0.2) is 18.6 Å². The Balaban J connectivity index is 2.33. The molecule has 1 aromatic carbocycles. The molecule has 0 aliphatic carbocycles. The Hall–Kier alpha value is -1.38. The first-order chi connectivity index (χ1) is 10.7. The van der Waals surface area contributed by atoms with Crippen molar-refractivity contribution in [2.45, 2.75) is 31.3 Å². The lowest BCUT2D eigenvalue weighted by molar-refractivity contribution is 0.0611.